The third-order valence-electron chi connectivity index (χ3n) is 12.7. The molecule has 1 aromatic rings. The zero-order chi connectivity index (χ0) is 34.4. The average Bonchev–Trinajstić information content (AvgIpc) is 3.77. The Labute approximate surface area is 273 Å². The quantitative estimate of drug-likeness (QED) is 0.152. The number of carbonyl (C=O) groups is 1. The molecule has 0 heterocycles. The summed E-state index contributed by atoms with van der Waals surface area (Å²) < 4.78 is 90.5. The summed E-state index contributed by atoms with van der Waals surface area (Å²) in [6, 6.07) is 5.90. The molecule has 1 aromatic carbocycles. The Morgan fingerprint density at radius 2 is 1.55 bits per heavy atom. The summed E-state index contributed by atoms with van der Waals surface area (Å²) in [5.41, 5.74) is 2.99. The second-order valence-corrected chi connectivity index (χ2v) is 15.4. The van der Waals surface area contributed by atoms with Crippen molar-refractivity contribution < 1.29 is 45.7 Å². The number of alkyl halides is 7. The molecule has 1 spiro atoms. The second-order valence-electron chi connectivity index (χ2n) is 15.4. The van der Waals surface area contributed by atoms with Crippen molar-refractivity contribution >= 4 is 5.91 Å². The molecule has 4 unspecified atom stereocenters. The summed E-state index contributed by atoms with van der Waals surface area (Å²) in [6.45, 7) is 0.450. The van der Waals surface area contributed by atoms with Gasteiger partial charge in [0.1, 0.15) is 5.75 Å². The van der Waals surface area contributed by atoms with Crippen molar-refractivity contribution in [2.45, 2.75) is 140 Å². The largest absolute Gasteiger partial charge is 0.508 e. The zero-order valence-corrected chi connectivity index (χ0v) is 27.5. The molecule has 4 aliphatic rings. The van der Waals surface area contributed by atoms with Gasteiger partial charge in [-0.25, -0.2) is 0 Å². The molecule has 6 atom stereocenters. The van der Waals surface area contributed by atoms with Crippen molar-refractivity contribution in [2.24, 2.45) is 28.6 Å². The highest BCUT2D eigenvalue weighted by Gasteiger charge is 2.73. The summed E-state index contributed by atoms with van der Waals surface area (Å²) in [5, 5.41) is 21.4. The normalized spacial score (nSPS) is 29.7. The molecule has 3 fully saturated rings. The number of carbonyl (C=O) groups excluding carboxylic acids is 1. The molecule has 0 aliphatic heterocycles. The van der Waals surface area contributed by atoms with E-state index in [0.29, 0.717) is 42.3 Å². The summed E-state index contributed by atoms with van der Waals surface area (Å²) in [7, 11) is 0.812. The van der Waals surface area contributed by atoms with Gasteiger partial charge in [0.25, 0.3) is 0 Å². The van der Waals surface area contributed by atoms with Gasteiger partial charge in [-0.15, -0.1) is 0 Å². The number of aliphatic hydroxyl groups is 1. The summed E-state index contributed by atoms with van der Waals surface area (Å²) in [6.07, 6.45) is 7.80. The lowest BCUT2D eigenvalue weighted by Crippen LogP contribution is -2.57. The van der Waals surface area contributed by atoms with Crippen LogP contribution in [0.15, 0.2) is 18.2 Å². The Hall–Kier alpha value is -2.04. The van der Waals surface area contributed by atoms with Crippen LogP contribution in [0, 0.1) is 28.6 Å². The van der Waals surface area contributed by atoms with Crippen LogP contribution in [0.3, 0.4) is 0 Å². The van der Waals surface area contributed by atoms with E-state index in [4.69, 9.17) is 0 Å². The number of phenolic OH excluding ortho intramolecular Hbond substituents is 1. The Morgan fingerprint density at radius 3 is 2.17 bits per heavy atom. The summed E-state index contributed by atoms with van der Waals surface area (Å²) in [4.78, 5) is 12.3. The fourth-order valence-electron chi connectivity index (χ4n) is 9.95. The molecule has 2 N–H and O–H groups in total. The first-order valence-electron chi connectivity index (χ1n) is 17.5. The van der Waals surface area contributed by atoms with E-state index in [2.05, 4.69) is 13.0 Å². The first kappa shape index (κ1) is 36.2. The maximum absolute atomic E-state index is 13.6. The Kier molecular flexibility index (Phi) is 10.3. The number of rotatable bonds is 14. The number of amides is 1. The number of hydrogen-bond acceptors (Lipinski definition) is 3. The molecule has 47 heavy (non-hydrogen) atoms. The van der Waals surface area contributed by atoms with Crippen LogP contribution in [-0.4, -0.2) is 58.7 Å². The molecule has 5 rings (SSSR count). The smallest absolute Gasteiger partial charge is 0.459 e. The molecule has 0 radical (unpaired) electrons. The van der Waals surface area contributed by atoms with Crippen LogP contribution >= 0.6 is 0 Å². The predicted molar refractivity (Wildman–Crippen MR) is 164 cm³/mol. The van der Waals surface area contributed by atoms with Crippen molar-refractivity contribution in [3.8, 4) is 5.75 Å². The van der Waals surface area contributed by atoms with E-state index >= 15 is 0 Å². The zero-order valence-electron chi connectivity index (χ0n) is 27.5. The molecule has 3 saturated carbocycles. The predicted octanol–water partition coefficient (Wildman–Crippen LogP) is 9.42. The van der Waals surface area contributed by atoms with Gasteiger partial charge in [0.2, 0.25) is 5.91 Å². The Morgan fingerprint density at radius 1 is 0.936 bits per heavy atom. The van der Waals surface area contributed by atoms with E-state index in [1.165, 1.54) is 11.1 Å². The third-order valence-corrected chi connectivity index (χ3v) is 12.7. The number of unbranched alkanes of at least 4 members (excludes halogenated alkanes) is 7. The first-order valence-corrected chi connectivity index (χ1v) is 17.5. The highest BCUT2D eigenvalue weighted by atomic mass is 19.4. The van der Waals surface area contributed by atoms with Gasteiger partial charge in [-0.2, -0.15) is 30.7 Å². The average molecular weight is 678 g/mol. The van der Waals surface area contributed by atoms with Gasteiger partial charge in [-0.3, -0.25) is 4.79 Å². The van der Waals surface area contributed by atoms with Crippen molar-refractivity contribution in [1.29, 1.82) is 0 Å². The van der Waals surface area contributed by atoms with E-state index in [1.807, 2.05) is 12.1 Å². The van der Waals surface area contributed by atoms with Crippen molar-refractivity contribution in [3.05, 3.63) is 29.3 Å². The number of nitrogens with zero attached hydrogens (tertiary/aromatic N) is 1. The third kappa shape index (κ3) is 6.77. The lowest BCUT2D eigenvalue weighted by molar-refractivity contribution is -0.355. The number of halogens is 7. The molecule has 4 nitrogen and oxygen atoms in total. The van der Waals surface area contributed by atoms with Crippen LogP contribution in [0.5, 0.6) is 5.75 Å². The number of aromatic hydroxyl groups is 1. The Bertz CT molecular complexity index is 1270. The molecular weight excluding hydrogens is 627 g/mol. The highest BCUT2D eigenvalue weighted by Crippen LogP contribution is 2.76. The first-order chi connectivity index (χ1) is 21.9. The molecule has 0 saturated heterocycles. The topological polar surface area (TPSA) is 60.8 Å². The van der Waals surface area contributed by atoms with Crippen molar-refractivity contribution in [1.82, 2.24) is 4.90 Å². The lowest BCUT2D eigenvalue weighted by Gasteiger charge is -2.54. The maximum Gasteiger partial charge on any atom is 0.459 e. The van der Waals surface area contributed by atoms with Gasteiger partial charge in [0.05, 0.1) is 12.6 Å². The van der Waals surface area contributed by atoms with Crippen LogP contribution in [-0.2, 0) is 11.2 Å². The minimum absolute atomic E-state index is 0.120. The van der Waals surface area contributed by atoms with Crippen LogP contribution in [0.25, 0.3) is 0 Å². The summed E-state index contributed by atoms with van der Waals surface area (Å²) in [5.74, 6) is -10.1. The Balaban J connectivity index is 1.02. The lowest BCUT2D eigenvalue weighted by atomic mass is 9.50. The number of fused-ring (bicyclic) bond motifs is 6. The van der Waals surface area contributed by atoms with E-state index in [9.17, 15) is 45.7 Å². The molecule has 11 heteroatoms. The van der Waals surface area contributed by atoms with Gasteiger partial charge < -0.3 is 15.1 Å². The van der Waals surface area contributed by atoms with Gasteiger partial charge >= 0.3 is 18.0 Å². The molecule has 4 aliphatic carbocycles. The number of aliphatic hydroxyl groups excluding tert-OH is 1. The van der Waals surface area contributed by atoms with Crippen LogP contribution in [0.1, 0.15) is 120 Å². The van der Waals surface area contributed by atoms with Crippen LogP contribution < -0.4 is 0 Å². The van der Waals surface area contributed by atoms with E-state index in [0.717, 1.165) is 90.5 Å². The minimum Gasteiger partial charge on any atom is -0.508 e. The van der Waals surface area contributed by atoms with Crippen LogP contribution in [0.4, 0.5) is 30.7 Å². The molecule has 0 bridgehead atoms. The standard InChI is InChI=1S/C36H50F7NO3/c1-32-16-15-27-26-14-13-25(45)20-24(26)19-23(31(27)28(32)21-29(46)33(32)17-18-33)11-9-7-5-3-4-6-8-10-12-30(47)44(2)22-34(37,38)35(39,40)36(41,42)43/h13-14,20,23,27-29,31,45-46H,3-12,15-19,21-22H2,1-2H3/t23?,27?,28?,29-,31?,32+/m1/s1. The molecule has 1 amide bonds. The second kappa shape index (κ2) is 13.3. The number of phenols is 1. The minimum atomic E-state index is -6.41. The monoisotopic (exact) mass is 677 g/mol. The van der Waals surface area contributed by atoms with E-state index in [1.54, 1.807) is 0 Å². The number of benzene rings is 1. The number of hydrogen-bond donors (Lipinski definition) is 2. The van der Waals surface area contributed by atoms with Crippen molar-refractivity contribution in [2.75, 3.05) is 13.6 Å². The van der Waals surface area contributed by atoms with Gasteiger partial charge in [-0.1, -0.05) is 57.9 Å². The molecular formula is C36H50F7NO3. The van der Waals surface area contributed by atoms with Gasteiger partial charge in [0.15, 0.2) is 0 Å². The van der Waals surface area contributed by atoms with E-state index < -0.39 is 30.5 Å². The SMILES string of the molecule is CN(CC(F)(F)C(F)(F)C(F)(F)F)C(=O)CCCCCCCCCCC1Cc2cc(O)ccc2C2CC[C@@]3(C)C(C[C@@H](O)C34CC4)C12. The molecule has 0 aromatic heterocycles. The van der Waals surface area contributed by atoms with Gasteiger partial charge in [-0.05, 0) is 104 Å². The fourth-order valence-corrected chi connectivity index (χ4v) is 9.95. The van der Waals surface area contributed by atoms with Gasteiger partial charge in [0, 0.05) is 18.9 Å². The fraction of sp³-hybridized carbons (Fsp3) is 0.806. The maximum atomic E-state index is 13.6. The van der Waals surface area contributed by atoms with Crippen molar-refractivity contribution in [3.63, 3.8) is 0 Å². The summed E-state index contributed by atoms with van der Waals surface area (Å²) >= 11 is 0. The van der Waals surface area contributed by atoms with E-state index in [-0.39, 0.29) is 28.3 Å². The highest BCUT2D eigenvalue weighted by molar-refractivity contribution is 5.75. The van der Waals surface area contributed by atoms with Crippen LogP contribution in [0.2, 0.25) is 0 Å². The molecule has 266 valence electrons.